The van der Waals surface area contributed by atoms with E-state index in [4.69, 9.17) is 10.1 Å². The number of nitrogens with zero attached hydrogens (tertiary/aromatic N) is 5. The molecule has 1 aliphatic heterocycles. The maximum Gasteiger partial charge on any atom is 0.255 e. The predicted molar refractivity (Wildman–Crippen MR) is 141 cm³/mol. The summed E-state index contributed by atoms with van der Waals surface area (Å²) in [6, 6.07) is 19.1. The van der Waals surface area contributed by atoms with Crippen molar-refractivity contribution >= 4 is 39.2 Å². The van der Waals surface area contributed by atoms with E-state index in [1.54, 1.807) is 23.1 Å². The number of anilines is 3. The van der Waals surface area contributed by atoms with Crippen LogP contribution in [0.5, 0.6) is 0 Å². The molecule has 0 saturated carbocycles. The highest BCUT2D eigenvalue weighted by Gasteiger charge is 2.34. The number of halogens is 1. The first kappa shape index (κ1) is 22.8. The van der Waals surface area contributed by atoms with Gasteiger partial charge in [-0.25, -0.2) is 4.68 Å². The number of hydrogen-bond acceptors (Lipinski definition) is 6. The number of fused-ring (bicyclic) bond motifs is 1. The molecule has 8 nitrogen and oxygen atoms in total. The predicted octanol–water partition coefficient (Wildman–Crippen LogP) is 5.10. The van der Waals surface area contributed by atoms with E-state index in [9.17, 15) is 4.79 Å². The van der Waals surface area contributed by atoms with Crippen molar-refractivity contribution in [3.8, 4) is 11.4 Å². The van der Waals surface area contributed by atoms with Crippen LogP contribution in [0.15, 0.2) is 88.8 Å². The lowest BCUT2D eigenvalue weighted by atomic mass is 9.95. The van der Waals surface area contributed by atoms with E-state index >= 15 is 0 Å². The van der Waals surface area contributed by atoms with Gasteiger partial charge in [0.2, 0.25) is 5.95 Å². The van der Waals surface area contributed by atoms with Gasteiger partial charge in [-0.1, -0.05) is 28.1 Å². The number of carbonyl (C=O) groups excluding carboxylic acids is 1. The molecule has 9 heteroatoms. The topological polar surface area (TPSA) is 88.0 Å². The zero-order valence-corrected chi connectivity index (χ0v) is 21.1. The summed E-state index contributed by atoms with van der Waals surface area (Å²) < 4.78 is 2.74. The first-order chi connectivity index (χ1) is 16.9. The quantitative estimate of drug-likeness (QED) is 0.374. The van der Waals surface area contributed by atoms with Crippen LogP contribution in [0.1, 0.15) is 18.5 Å². The largest absolute Gasteiger partial charge is 0.378 e. The van der Waals surface area contributed by atoms with Crippen LogP contribution in [0.25, 0.3) is 11.4 Å². The highest BCUT2D eigenvalue weighted by molar-refractivity contribution is 9.10. The van der Waals surface area contributed by atoms with Crippen LogP contribution in [-0.4, -0.2) is 39.8 Å². The van der Waals surface area contributed by atoms with Gasteiger partial charge >= 0.3 is 0 Å². The molecule has 35 heavy (non-hydrogen) atoms. The van der Waals surface area contributed by atoms with Crippen molar-refractivity contribution in [3.05, 3.63) is 94.4 Å². The number of aromatic nitrogens is 4. The molecule has 0 saturated heterocycles. The molecule has 0 aliphatic carbocycles. The molecule has 0 radical (unpaired) electrons. The summed E-state index contributed by atoms with van der Waals surface area (Å²) >= 11 is 3.50. The van der Waals surface area contributed by atoms with Crippen LogP contribution >= 0.6 is 15.9 Å². The summed E-state index contributed by atoms with van der Waals surface area (Å²) in [4.78, 5) is 24.4. The highest BCUT2D eigenvalue weighted by atomic mass is 79.9. The third-order valence-electron chi connectivity index (χ3n) is 5.84. The third kappa shape index (κ3) is 4.54. The van der Waals surface area contributed by atoms with Crippen LogP contribution in [0, 0.1) is 0 Å². The van der Waals surface area contributed by atoms with Gasteiger partial charge in [0.1, 0.15) is 6.04 Å². The molecule has 3 heterocycles. The Hall–Kier alpha value is -3.98. The van der Waals surface area contributed by atoms with Gasteiger partial charge in [0.05, 0.1) is 17.5 Å². The minimum Gasteiger partial charge on any atom is -0.378 e. The van der Waals surface area contributed by atoms with Crippen LogP contribution in [-0.2, 0) is 4.79 Å². The number of carbonyl (C=O) groups is 1. The summed E-state index contributed by atoms with van der Waals surface area (Å²) in [6.45, 7) is 1.88. The molecule has 1 amide bonds. The summed E-state index contributed by atoms with van der Waals surface area (Å²) in [6.07, 6.45) is 3.29. The van der Waals surface area contributed by atoms with Crippen LogP contribution < -0.4 is 15.5 Å². The average Bonchev–Trinajstić information content (AvgIpc) is 3.28. The van der Waals surface area contributed by atoms with E-state index in [1.165, 1.54) is 0 Å². The lowest BCUT2D eigenvalue weighted by Crippen LogP contribution is -2.31. The molecule has 4 aromatic rings. The zero-order chi connectivity index (χ0) is 24.5. The number of pyridine rings is 1. The normalized spacial score (nSPS) is 14.8. The highest BCUT2D eigenvalue weighted by Crippen LogP contribution is 2.37. The van der Waals surface area contributed by atoms with Gasteiger partial charge in [-0.15, -0.1) is 5.10 Å². The lowest BCUT2D eigenvalue weighted by Gasteiger charge is -2.28. The Morgan fingerprint density at radius 1 is 1.09 bits per heavy atom. The maximum atomic E-state index is 13.5. The van der Waals surface area contributed by atoms with E-state index < -0.39 is 6.04 Å². The molecule has 1 atom stereocenters. The van der Waals surface area contributed by atoms with Crippen molar-refractivity contribution in [1.82, 2.24) is 19.7 Å². The van der Waals surface area contributed by atoms with Crippen molar-refractivity contribution in [3.63, 3.8) is 0 Å². The van der Waals surface area contributed by atoms with Crippen LogP contribution in [0.3, 0.4) is 0 Å². The summed E-state index contributed by atoms with van der Waals surface area (Å²) in [5.74, 6) is 0.940. The van der Waals surface area contributed by atoms with Crippen LogP contribution in [0.4, 0.5) is 17.3 Å². The number of rotatable bonds is 5. The van der Waals surface area contributed by atoms with E-state index in [2.05, 4.69) is 31.5 Å². The van der Waals surface area contributed by atoms with Crippen molar-refractivity contribution in [2.75, 3.05) is 29.6 Å². The second-order valence-corrected chi connectivity index (χ2v) is 9.37. The molecule has 1 aliphatic rings. The molecule has 2 aromatic heterocycles. The van der Waals surface area contributed by atoms with Gasteiger partial charge in [0.25, 0.3) is 5.91 Å². The molecular formula is C26H24BrN7O. The Kier molecular flexibility index (Phi) is 6.08. The van der Waals surface area contributed by atoms with Gasteiger partial charge < -0.3 is 15.5 Å². The zero-order valence-electron chi connectivity index (χ0n) is 19.5. The molecule has 176 valence electrons. The first-order valence-electron chi connectivity index (χ1n) is 11.1. The first-order valence-corrected chi connectivity index (χ1v) is 11.9. The molecule has 2 aromatic carbocycles. The Labute approximate surface area is 211 Å². The summed E-state index contributed by atoms with van der Waals surface area (Å²) in [7, 11) is 4.00. The summed E-state index contributed by atoms with van der Waals surface area (Å²) in [5.41, 5.74) is 4.81. The fourth-order valence-electron chi connectivity index (χ4n) is 4.06. The van der Waals surface area contributed by atoms with Gasteiger partial charge in [-0.3, -0.25) is 9.78 Å². The Morgan fingerprint density at radius 2 is 1.83 bits per heavy atom. The van der Waals surface area contributed by atoms with Crippen molar-refractivity contribution in [2.45, 2.75) is 13.0 Å². The average molecular weight is 530 g/mol. The van der Waals surface area contributed by atoms with E-state index in [0.717, 1.165) is 21.3 Å². The van der Waals surface area contributed by atoms with Gasteiger partial charge in [0, 0.05) is 41.7 Å². The minimum absolute atomic E-state index is 0.228. The Balaban J connectivity index is 1.57. The van der Waals surface area contributed by atoms with E-state index in [1.807, 2.05) is 80.5 Å². The number of hydrogen-bond donors (Lipinski definition) is 2. The molecule has 0 bridgehead atoms. The molecule has 0 fully saturated rings. The Bertz CT molecular complexity index is 1390. The monoisotopic (exact) mass is 529 g/mol. The van der Waals surface area contributed by atoms with Crippen molar-refractivity contribution < 1.29 is 4.79 Å². The third-order valence-corrected chi connectivity index (χ3v) is 6.37. The van der Waals surface area contributed by atoms with Gasteiger partial charge in [-0.2, -0.15) is 4.98 Å². The molecule has 5 rings (SSSR count). The molecular weight excluding hydrogens is 506 g/mol. The van der Waals surface area contributed by atoms with Gasteiger partial charge in [0.15, 0.2) is 5.82 Å². The molecule has 2 N–H and O–H groups in total. The second kappa shape index (κ2) is 9.34. The number of benzene rings is 2. The van der Waals surface area contributed by atoms with E-state index in [-0.39, 0.29) is 5.91 Å². The van der Waals surface area contributed by atoms with Crippen molar-refractivity contribution in [2.24, 2.45) is 0 Å². The maximum absolute atomic E-state index is 13.5. The smallest absolute Gasteiger partial charge is 0.255 e. The lowest BCUT2D eigenvalue weighted by molar-refractivity contribution is -0.113. The van der Waals surface area contributed by atoms with Gasteiger partial charge in [-0.05, 0) is 61.0 Å². The molecule has 0 spiro atoms. The SMILES string of the molecule is CC1=C(C(=O)Nc2cccnc2)C(c2ccc(Br)cc2)n2nc(-c3ccc(N(C)C)cc3)nc2N1. The van der Waals surface area contributed by atoms with Crippen LogP contribution in [0.2, 0.25) is 0 Å². The second-order valence-electron chi connectivity index (χ2n) is 8.46. The fourth-order valence-corrected chi connectivity index (χ4v) is 4.33. The number of amides is 1. The number of allylic oxidation sites excluding steroid dienone is 1. The molecule has 1 unspecified atom stereocenters. The fraction of sp³-hybridized carbons (Fsp3) is 0.154. The standard InChI is InChI=1S/C26H24BrN7O/c1-16-22(25(35)30-20-5-4-14-28-15-20)23(17-6-10-19(27)11-7-17)34-26(29-16)31-24(32-34)18-8-12-21(13-9-18)33(2)3/h4-15,23H,1-3H3,(H,30,35)(H,29,31,32). The number of nitrogens with one attached hydrogen (secondary N) is 2. The van der Waals surface area contributed by atoms with Crippen molar-refractivity contribution in [1.29, 1.82) is 0 Å². The Morgan fingerprint density at radius 3 is 2.49 bits per heavy atom. The minimum atomic E-state index is -0.460. The van der Waals surface area contributed by atoms with E-state index in [0.29, 0.717) is 28.7 Å². The summed E-state index contributed by atoms with van der Waals surface area (Å²) in [5, 5.41) is 11.1.